The monoisotopic (exact) mass is 358 g/mol. The molecule has 3 rings (SSSR count). The fourth-order valence-electron chi connectivity index (χ4n) is 2.97. The van der Waals surface area contributed by atoms with Crippen molar-refractivity contribution in [1.82, 2.24) is 0 Å². The van der Waals surface area contributed by atoms with E-state index in [0.717, 1.165) is 42.8 Å². The highest BCUT2D eigenvalue weighted by Crippen LogP contribution is 2.32. The molecule has 1 aliphatic rings. The van der Waals surface area contributed by atoms with Gasteiger partial charge < -0.3 is 4.90 Å². The molecule has 134 valence electrons. The van der Waals surface area contributed by atoms with Gasteiger partial charge in [0.25, 0.3) is 0 Å². The van der Waals surface area contributed by atoms with Gasteiger partial charge in [0, 0.05) is 18.8 Å². The summed E-state index contributed by atoms with van der Waals surface area (Å²) >= 11 is 0. The van der Waals surface area contributed by atoms with Crippen molar-refractivity contribution in [1.29, 1.82) is 5.26 Å². The van der Waals surface area contributed by atoms with Gasteiger partial charge in [-0.25, -0.2) is 0 Å². The number of azo groups is 1. The van der Waals surface area contributed by atoms with Crippen molar-refractivity contribution in [2.45, 2.75) is 25.4 Å². The first-order valence-corrected chi connectivity index (χ1v) is 8.31. The second-order valence-corrected chi connectivity index (χ2v) is 6.06. The van der Waals surface area contributed by atoms with E-state index in [1.807, 2.05) is 18.2 Å². The molecule has 7 heteroatoms. The highest BCUT2D eigenvalue weighted by atomic mass is 19.4. The van der Waals surface area contributed by atoms with Crippen molar-refractivity contribution >= 4 is 17.1 Å². The molecule has 0 fully saturated rings. The van der Waals surface area contributed by atoms with E-state index in [1.54, 1.807) is 0 Å². The van der Waals surface area contributed by atoms with Crippen LogP contribution in [0.2, 0.25) is 0 Å². The molecule has 26 heavy (non-hydrogen) atoms. The predicted molar refractivity (Wildman–Crippen MR) is 92.8 cm³/mol. The average molecular weight is 358 g/mol. The molecule has 1 heterocycles. The summed E-state index contributed by atoms with van der Waals surface area (Å²) < 4.78 is 37.7. The number of nitrogens with zero attached hydrogens (tertiary/aromatic N) is 4. The lowest BCUT2D eigenvalue weighted by Crippen LogP contribution is -2.30. The van der Waals surface area contributed by atoms with Gasteiger partial charge in [0.2, 0.25) is 0 Å². The lowest BCUT2D eigenvalue weighted by atomic mass is 10.0. The molecule has 2 aromatic carbocycles. The smallest absolute Gasteiger partial charge is 0.370 e. The maximum Gasteiger partial charge on any atom is 0.416 e. The van der Waals surface area contributed by atoms with Crippen molar-refractivity contribution in [2.75, 3.05) is 18.0 Å². The largest absolute Gasteiger partial charge is 0.416 e. The third kappa shape index (κ3) is 4.20. The van der Waals surface area contributed by atoms with Crippen LogP contribution in [-0.4, -0.2) is 13.1 Å². The molecule has 0 saturated carbocycles. The van der Waals surface area contributed by atoms with Crippen LogP contribution in [0.1, 0.15) is 24.0 Å². The summed E-state index contributed by atoms with van der Waals surface area (Å²) in [5, 5.41) is 16.9. The topological polar surface area (TPSA) is 51.8 Å². The summed E-state index contributed by atoms with van der Waals surface area (Å²) in [5.41, 5.74) is 2.58. The van der Waals surface area contributed by atoms with Crippen molar-refractivity contribution in [3.8, 4) is 6.07 Å². The Morgan fingerprint density at radius 1 is 1.04 bits per heavy atom. The SMILES string of the molecule is N#CCCN1CCCc2cc(N=Nc3ccc(C(F)(F)F)cc3)ccc21. The summed E-state index contributed by atoms with van der Waals surface area (Å²) in [7, 11) is 0. The molecular formula is C19H17F3N4. The van der Waals surface area contributed by atoms with Crippen LogP contribution in [0.3, 0.4) is 0 Å². The van der Waals surface area contributed by atoms with E-state index in [4.69, 9.17) is 5.26 Å². The molecule has 0 aliphatic carbocycles. The molecule has 0 radical (unpaired) electrons. The Hall–Kier alpha value is -2.88. The number of fused-ring (bicyclic) bond motifs is 1. The first kappa shape index (κ1) is 17.9. The number of benzene rings is 2. The standard InChI is InChI=1S/C19H17F3N4/c20-19(21,22)15-4-6-16(7-5-15)24-25-17-8-9-18-14(13-17)3-1-11-26(18)12-2-10-23/h4-9,13H,1-3,11-12H2. The molecule has 0 N–H and O–H groups in total. The van der Waals surface area contributed by atoms with Crippen molar-refractivity contribution in [3.63, 3.8) is 0 Å². The maximum absolute atomic E-state index is 12.6. The van der Waals surface area contributed by atoms with E-state index in [9.17, 15) is 13.2 Å². The Labute approximate surface area is 149 Å². The number of anilines is 1. The minimum atomic E-state index is -4.36. The lowest BCUT2D eigenvalue weighted by Gasteiger charge is -2.30. The molecule has 0 saturated heterocycles. The van der Waals surface area contributed by atoms with Crippen molar-refractivity contribution < 1.29 is 13.2 Å². The summed E-state index contributed by atoms with van der Waals surface area (Å²) in [5.74, 6) is 0. The van der Waals surface area contributed by atoms with Crippen LogP contribution in [0.15, 0.2) is 52.7 Å². The Balaban J connectivity index is 1.75. The molecule has 4 nitrogen and oxygen atoms in total. The fourth-order valence-corrected chi connectivity index (χ4v) is 2.97. The molecule has 2 aromatic rings. The zero-order chi connectivity index (χ0) is 18.6. The third-order valence-corrected chi connectivity index (χ3v) is 4.25. The highest BCUT2D eigenvalue weighted by Gasteiger charge is 2.29. The van der Waals surface area contributed by atoms with Gasteiger partial charge in [-0.05, 0) is 60.9 Å². The minimum Gasteiger partial charge on any atom is -0.370 e. The minimum absolute atomic E-state index is 0.367. The van der Waals surface area contributed by atoms with E-state index in [1.165, 1.54) is 12.1 Å². The number of rotatable bonds is 4. The zero-order valence-corrected chi connectivity index (χ0v) is 14.0. The molecular weight excluding hydrogens is 341 g/mol. The van der Waals surface area contributed by atoms with E-state index in [2.05, 4.69) is 21.2 Å². The number of alkyl halides is 3. The molecule has 1 aliphatic heterocycles. The number of aryl methyl sites for hydroxylation is 1. The van der Waals surface area contributed by atoms with Gasteiger partial charge in [-0.15, -0.1) is 0 Å². The fraction of sp³-hybridized carbons (Fsp3) is 0.316. The Kier molecular flexibility index (Phi) is 5.21. The number of nitriles is 1. The molecule has 0 atom stereocenters. The molecule has 0 aromatic heterocycles. The Morgan fingerprint density at radius 3 is 2.42 bits per heavy atom. The van der Waals surface area contributed by atoms with Crippen molar-refractivity contribution in [2.24, 2.45) is 10.2 Å². The first-order chi connectivity index (χ1) is 12.5. The van der Waals surface area contributed by atoms with E-state index >= 15 is 0 Å². The summed E-state index contributed by atoms with van der Waals surface area (Å²) in [6.45, 7) is 1.64. The van der Waals surface area contributed by atoms with Crippen LogP contribution in [0.25, 0.3) is 0 Å². The van der Waals surface area contributed by atoms with Gasteiger partial charge >= 0.3 is 6.18 Å². The van der Waals surface area contributed by atoms with Gasteiger partial charge in [0.1, 0.15) is 0 Å². The third-order valence-electron chi connectivity index (χ3n) is 4.25. The Bertz CT molecular complexity index is 835. The van der Waals surface area contributed by atoms with Gasteiger partial charge in [-0.1, -0.05) is 0 Å². The summed E-state index contributed by atoms with van der Waals surface area (Å²) in [6.07, 6.45) is -1.93. The van der Waals surface area contributed by atoms with E-state index in [0.29, 0.717) is 24.3 Å². The van der Waals surface area contributed by atoms with Crippen LogP contribution >= 0.6 is 0 Å². The van der Waals surface area contributed by atoms with Crippen molar-refractivity contribution in [3.05, 3.63) is 53.6 Å². The zero-order valence-electron chi connectivity index (χ0n) is 14.0. The molecule has 0 spiro atoms. The van der Waals surface area contributed by atoms with Crippen LogP contribution in [-0.2, 0) is 12.6 Å². The van der Waals surface area contributed by atoms with Gasteiger partial charge in [-0.3, -0.25) is 0 Å². The summed E-state index contributed by atoms with van der Waals surface area (Å²) in [6, 6.07) is 12.5. The quantitative estimate of drug-likeness (QED) is 0.650. The van der Waals surface area contributed by atoms with Gasteiger partial charge in [0.05, 0.1) is 29.4 Å². The number of hydrogen-bond acceptors (Lipinski definition) is 4. The molecule has 0 bridgehead atoms. The van der Waals surface area contributed by atoms with Crippen LogP contribution in [0.5, 0.6) is 0 Å². The predicted octanol–water partition coefficient (Wildman–Crippen LogP) is 5.79. The second-order valence-electron chi connectivity index (χ2n) is 6.06. The first-order valence-electron chi connectivity index (χ1n) is 8.31. The number of hydrogen-bond donors (Lipinski definition) is 0. The summed E-state index contributed by atoms with van der Waals surface area (Å²) in [4.78, 5) is 2.19. The van der Waals surface area contributed by atoms with E-state index < -0.39 is 11.7 Å². The highest BCUT2D eigenvalue weighted by molar-refractivity contribution is 5.61. The van der Waals surface area contributed by atoms with E-state index in [-0.39, 0.29) is 0 Å². The average Bonchev–Trinajstić information content (AvgIpc) is 2.64. The van der Waals surface area contributed by atoms with Gasteiger partial charge in [-0.2, -0.15) is 28.7 Å². The number of halogens is 3. The Morgan fingerprint density at radius 2 is 1.73 bits per heavy atom. The van der Waals surface area contributed by atoms with Gasteiger partial charge in [0.15, 0.2) is 0 Å². The lowest BCUT2D eigenvalue weighted by molar-refractivity contribution is -0.137. The maximum atomic E-state index is 12.6. The second kappa shape index (κ2) is 7.56. The molecule has 0 amide bonds. The van der Waals surface area contributed by atoms with Crippen LogP contribution in [0.4, 0.5) is 30.2 Å². The van der Waals surface area contributed by atoms with Crippen LogP contribution < -0.4 is 4.90 Å². The normalized spacial score (nSPS) is 14.3. The van der Waals surface area contributed by atoms with Crippen LogP contribution in [0, 0.1) is 11.3 Å². The molecule has 0 unspecified atom stereocenters.